The molecule has 1 unspecified atom stereocenters. The molecule has 0 spiro atoms. The molecule has 3 saturated heterocycles. The summed E-state index contributed by atoms with van der Waals surface area (Å²) < 4.78 is 3.07. The quantitative estimate of drug-likeness (QED) is 0.275. The third-order valence-electron chi connectivity index (χ3n) is 9.64. The predicted octanol–water partition coefficient (Wildman–Crippen LogP) is 2.98. The molecule has 3 aromatic rings. The van der Waals surface area contributed by atoms with Gasteiger partial charge in [-0.2, -0.15) is 5.10 Å². The number of likely N-dealkylation sites (tertiary alicyclic amines) is 1. The number of fused-ring (bicyclic) bond motifs is 1. The molecule has 3 fully saturated rings. The third kappa shape index (κ3) is 6.22. The summed E-state index contributed by atoms with van der Waals surface area (Å²) in [4.78, 5) is 73.7. The Morgan fingerprint density at radius 2 is 1.72 bits per heavy atom. The molecule has 244 valence electrons. The number of nitrogens with zero attached hydrogens (tertiary/aromatic N) is 6. The molecule has 5 amide bonds. The largest absolute Gasteiger partial charge is 0.380 e. The zero-order valence-electron chi connectivity index (χ0n) is 25.7. The van der Waals surface area contributed by atoms with Gasteiger partial charge in [0.1, 0.15) is 11.9 Å². The Morgan fingerprint density at radius 1 is 0.936 bits per heavy atom. The molecule has 4 aliphatic rings. The highest BCUT2D eigenvalue weighted by Crippen LogP contribution is 2.33. The van der Waals surface area contributed by atoms with Gasteiger partial charge in [-0.05, 0) is 79.0 Å². The van der Waals surface area contributed by atoms with Crippen LogP contribution >= 0.6 is 22.6 Å². The number of pyridine rings is 1. The normalized spacial score (nSPS) is 20.9. The Kier molecular flexibility index (Phi) is 8.68. The smallest absolute Gasteiger partial charge is 0.264 e. The molecule has 2 aromatic heterocycles. The molecular weight excluding hydrogens is 715 g/mol. The van der Waals surface area contributed by atoms with Gasteiger partial charge in [-0.15, -0.1) is 0 Å². The fraction of sp³-hybridized carbons (Fsp3) is 0.424. The van der Waals surface area contributed by atoms with Crippen molar-refractivity contribution >= 4 is 63.6 Å². The first-order chi connectivity index (χ1) is 22.8. The van der Waals surface area contributed by atoms with Gasteiger partial charge in [0.05, 0.1) is 23.4 Å². The number of imide groups is 2. The van der Waals surface area contributed by atoms with Crippen molar-refractivity contribution in [1.29, 1.82) is 0 Å². The number of carbonyl (C=O) groups is 5. The molecule has 14 heteroatoms. The van der Waals surface area contributed by atoms with Gasteiger partial charge in [0, 0.05) is 72.3 Å². The van der Waals surface area contributed by atoms with E-state index < -0.39 is 29.7 Å². The van der Waals surface area contributed by atoms with Crippen LogP contribution in [-0.4, -0.2) is 86.3 Å². The van der Waals surface area contributed by atoms with E-state index in [4.69, 9.17) is 0 Å². The SMILES string of the molecule is O=C1CCC(N2C(=O)c3cccc(NCc4cnn(C5CCN(C(=O)C6CCN(c7ccc(I)cn7)CC6)CC5)c4)c3C2=O)C(=O)N1. The summed E-state index contributed by atoms with van der Waals surface area (Å²) in [6.07, 6.45) is 9.13. The van der Waals surface area contributed by atoms with E-state index in [1.54, 1.807) is 24.4 Å². The monoisotopic (exact) mass is 750 g/mol. The van der Waals surface area contributed by atoms with Gasteiger partial charge in [-0.1, -0.05) is 6.07 Å². The number of piperidine rings is 3. The lowest BCUT2D eigenvalue weighted by molar-refractivity contribution is -0.138. The van der Waals surface area contributed by atoms with E-state index in [1.807, 2.05) is 28.0 Å². The number of nitrogens with one attached hydrogen (secondary N) is 2. The minimum absolute atomic E-state index is 0.0479. The summed E-state index contributed by atoms with van der Waals surface area (Å²) in [6, 6.07) is 8.28. The van der Waals surface area contributed by atoms with Gasteiger partial charge in [0.25, 0.3) is 11.8 Å². The van der Waals surface area contributed by atoms with Crippen molar-refractivity contribution in [2.45, 2.75) is 57.2 Å². The van der Waals surface area contributed by atoms with Crippen molar-refractivity contribution in [1.82, 2.24) is 29.9 Å². The van der Waals surface area contributed by atoms with Crippen LogP contribution in [0, 0.1) is 9.49 Å². The van der Waals surface area contributed by atoms with Gasteiger partial charge < -0.3 is 15.1 Å². The van der Waals surface area contributed by atoms with Crippen LogP contribution < -0.4 is 15.5 Å². The van der Waals surface area contributed by atoms with Gasteiger partial charge in [-0.25, -0.2) is 4.98 Å². The Morgan fingerprint density at radius 3 is 2.45 bits per heavy atom. The van der Waals surface area contributed by atoms with Crippen molar-refractivity contribution < 1.29 is 24.0 Å². The van der Waals surface area contributed by atoms with Crippen LogP contribution in [0.15, 0.2) is 48.9 Å². The second-order valence-electron chi connectivity index (χ2n) is 12.5. The number of rotatable bonds is 7. The van der Waals surface area contributed by atoms with Gasteiger partial charge in [-0.3, -0.25) is 38.9 Å². The lowest BCUT2D eigenvalue weighted by Crippen LogP contribution is -2.54. The number of anilines is 2. The fourth-order valence-electron chi connectivity index (χ4n) is 7.05. The topological polar surface area (TPSA) is 150 Å². The fourth-order valence-corrected chi connectivity index (χ4v) is 7.37. The molecule has 6 heterocycles. The number of halogens is 1. The maximum absolute atomic E-state index is 13.4. The third-order valence-corrected chi connectivity index (χ3v) is 10.3. The standard InChI is InChI=1S/C33H35IN8O5/c34-22-4-6-27(36-18-22)39-12-8-21(9-13-39)31(45)40-14-10-23(11-15-40)41-19-20(17-37-41)16-35-25-3-1-2-24-29(25)33(47)42(32(24)46)26-5-7-28(43)38-30(26)44/h1-4,6,17-19,21,23,26,35H,5,7-16H2,(H,38,43,44). The van der Waals surface area contributed by atoms with Crippen molar-refractivity contribution in [2.24, 2.45) is 5.92 Å². The highest BCUT2D eigenvalue weighted by atomic mass is 127. The van der Waals surface area contributed by atoms with E-state index in [2.05, 4.69) is 54.3 Å². The van der Waals surface area contributed by atoms with Crippen molar-refractivity contribution in [3.05, 3.63) is 69.2 Å². The molecule has 1 aromatic carbocycles. The number of hydrogen-bond acceptors (Lipinski definition) is 9. The Hall–Kier alpha value is -4.34. The summed E-state index contributed by atoms with van der Waals surface area (Å²) in [6.45, 7) is 3.44. The molecule has 0 bridgehead atoms. The van der Waals surface area contributed by atoms with Crippen LogP contribution in [-0.2, 0) is 20.9 Å². The number of aromatic nitrogens is 3. The molecule has 1 atom stereocenters. The molecule has 0 aliphatic carbocycles. The average Bonchev–Trinajstić information content (AvgIpc) is 3.66. The lowest BCUT2D eigenvalue weighted by atomic mass is 9.93. The van der Waals surface area contributed by atoms with E-state index in [0.29, 0.717) is 25.3 Å². The summed E-state index contributed by atoms with van der Waals surface area (Å²) in [5, 5.41) is 10.1. The molecule has 2 N–H and O–H groups in total. The zero-order valence-corrected chi connectivity index (χ0v) is 27.9. The number of hydrogen-bond donors (Lipinski definition) is 2. The van der Waals surface area contributed by atoms with Crippen molar-refractivity contribution in [3.63, 3.8) is 0 Å². The van der Waals surface area contributed by atoms with Crippen LogP contribution in [0.5, 0.6) is 0 Å². The zero-order chi connectivity index (χ0) is 32.7. The highest BCUT2D eigenvalue weighted by molar-refractivity contribution is 14.1. The Bertz CT molecular complexity index is 1730. The number of carbonyl (C=O) groups excluding carboxylic acids is 5. The summed E-state index contributed by atoms with van der Waals surface area (Å²) in [5.41, 5.74) is 1.87. The number of benzene rings is 1. The Balaban J connectivity index is 0.916. The van der Waals surface area contributed by atoms with Crippen LogP contribution in [0.2, 0.25) is 0 Å². The minimum atomic E-state index is -1.01. The number of amides is 5. The lowest BCUT2D eigenvalue weighted by Gasteiger charge is -2.37. The molecule has 0 radical (unpaired) electrons. The summed E-state index contributed by atoms with van der Waals surface area (Å²) in [7, 11) is 0. The molecular formula is C33H35IN8O5. The minimum Gasteiger partial charge on any atom is -0.380 e. The molecule has 47 heavy (non-hydrogen) atoms. The van der Waals surface area contributed by atoms with E-state index in [1.165, 1.54) is 0 Å². The molecule has 13 nitrogen and oxygen atoms in total. The van der Waals surface area contributed by atoms with Crippen LogP contribution in [0.1, 0.15) is 70.8 Å². The molecule has 0 saturated carbocycles. The maximum atomic E-state index is 13.4. The van der Waals surface area contributed by atoms with E-state index >= 15 is 0 Å². The van der Waals surface area contributed by atoms with Crippen LogP contribution in [0.3, 0.4) is 0 Å². The van der Waals surface area contributed by atoms with Gasteiger partial charge in [0.2, 0.25) is 17.7 Å². The van der Waals surface area contributed by atoms with Crippen molar-refractivity contribution in [3.8, 4) is 0 Å². The van der Waals surface area contributed by atoms with Crippen LogP contribution in [0.25, 0.3) is 0 Å². The van der Waals surface area contributed by atoms with E-state index in [-0.39, 0.29) is 41.8 Å². The molecule has 7 rings (SSSR count). The first-order valence-electron chi connectivity index (χ1n) is 16.0. The highest BCUT2D eigenvalue weighted by Gasteiger charge is 2.45. The first kappa shape index (κ1) is 31.3. The average molecular weight is 751 g/mol. The predicted molar refractivity (Wildman–Crippen MR) is 179 cm³/mol. The van der Waals surface area contributed by atoms with Crippen molar-refractivity contribution in [2.75, 3.05) is 36.4 Å². The first-order valence-corrected chi connectivity index (χ1v) is 17.1. The summed E-state index contributed by atoms with van der Waals surface area (Å²) in [5.74, 6) is -0.856. The Labute approximate surface area is 285 Å². The van der Waals surface area contributed by atoms with Gasteiger partial charge >= 0.3 is 0 Å². The maximum Gasteiger partial charge on any atom is 0.264 e. The van der Waals surface area contributed by atoms with E-state index in [0.717, 1.165) is 58.6 Å². The molecule has 4 aliphatic heterocycles. The second kappa shape index (κ2) is 13.0. The van der Waals surface area contributed by atoms with Crippen LogP contribution in [0.4, 0.5) is 11.5 Å². The second-order valence-corrected chi connectivity index (χ2v) is 13.8. The van der Waals surface area contributed by atoms with Gasteiger partial charge in [0.15, 0.2) is 0 Å². The summed E-state index contributed by atoms with van der Waals surface area (Å²) >= 11 is 2.25. The van der Waals surface area contributed by atoms with E-state index in [9.17, 15) is 24.0 Å².